The zero-order chi connectivity index (χ0) is 13.6. The molecule has 0 heterocycles. The van der Waals surface area contributed by atoms with Gasteiger partial charge in [-0.2, -0.15) is 0 Å². The summed E-state index contributed by atoms with van der Waals surface area (Å²) < 4.78 is 10.0. The molecule has 0 aromatic heterocycles. The maximum Gasteiger partial charge on any atom is 0.407 e. The van der Waals surface area contributed by atoms with Gasteiger partial charge < -0.3 is 14.8 Å². The van der Waals surface area contributed by atoms with E-state index in [4.69, 9.17) is 9.47 Å². The van der Waals surface area contributed by atoms with Crippen LogP contribution < -0.4 is 5.32 Å². The second kappa shape index (κ2) is 6.47. The Balaban J connectivity index is 4.25. The number of rotatable bonds is 4. The van der Waals surface area contributed by atoms with Crippen molar-refractivity contribution in [3.8, 4) is 0 Å². The molecule has 0 bridgehead atoms. The lowest BCUT2D eigenvalue weighted by molar-refractivity contribution is -0.142. The Bertz CT molecular complexity index is 268. The lowest BCUT2D eigenvalue weighted by atomic mass is 10.1. The minimum Gasteiger partial charge on any atom is -0.464 e. The molecule has 1 amide bonds. The topological polar surface area (TPSA) is 64.6 Å². The molecule has 1 unspecified atom stereocenters. The summed E-state index contributed by atoms with van der Waals surface area (Å²) in [6, 6.07) is -0.242. The summed E-state index contributed by atoms with van der Waals surface area (Å²) in [4.78, 5) is 22.3. The van der Waals surface area contributed by atoms with Crippen molar-refractivity contribution in [2.75, 3.05) is 6.61 Å². The van der Waals surface area contributed by atoms with Crippen LogP contribution in [0, 0.1) is 5.92 Å². The van der Waals surface area contributed by atoms with Crippen molar-refractivity contribution in [2.45, 2.75) is 53.2 Å². The molecule has 1 N–H and O–H groups in total. The van der Waals surface area contributed by atoms with Crippen molar-refractivity contribution < 1.29 is 19.1 Å². The lowest BCUT2D eigenvalue weighted by Gasteiger charge is -2.25. The van der Waals surface area contributed by atoms with Gasteiger partial charge in [-0.3, -0.25) is 4.79 Å². The fourth-order valence-electron chi connectivity index (χ4n) is 1.07. The maximum atomic E-state index is 11.5. The zero-order valence-corrected chi connectivity index (χ0v) is 11.5. The minimum atomic E-state index is -0.535. The summed E-state index contributed by atoms with van der Waals surface area (Å²) in [5.41, 5.74) is -0.535. The number of amides is 1. The van der Waals surface area contributed by atoms with Gasteiger partial charge >= 0.3 is 12.1 Å². The molecule has 0 aliphatic heterocycles. The molecular weight excluding hydrogens is 222 g/mol. The van der Waals surface area contributed by atoms with Crippen molar-refractivity contribution in [1.29, 1.82) is 0 Å². The summed E-state index contributed by atoms with van der Waals surface area (Å²) >= 11 is 0. The first-order valence-electron chi connectivity index (χ1n) is 5.74. The van der Waals surface area contributed by atoms with Gasteiger partial charge in [-0.15, -0.1) is 0 Å². The molecule has 100 valence electrons. The number of alkyl carbamates (subject to hydrolysis) is 1. The van der Waals surface area contributed by atoms with Crippen LogP contribution in [0.4, 0.5) is 4.79 Å². The molecule has 0 saturated heterocycles. The Labute approximate surface area is 103 Å². The highest BCUT2D eigenvalue weighted by atomic mass is 16.6. The van der Waals surface area contributed by atoms with E-state index in [0.717, 1.165) is 0 Å². The van der Waals surface area contributed by atoms with Gasteiger partial charge in [0.05, 0.1) is 6.04 Å². The molecule has 0 rings (SSSR count). The first-order chi connectivity index (χ1) is 7.61. The van der Waals surface area contributed by atoms with Crippen molar-refractivity contribution in [3.63, 3.8) is 0 Å². The predicted molar refractivity (Wildman–Crippen MR) is 64.6 cm³/mol. The molecule has 0 radical (unpaired) electrons. The number of carbonyl (C=O) groups excluding carboxylic acids is 2. The van der Waals surface area contributed by atoms with E-state index < -0.39 is 11.7 Å². The number of ether oxygens (including phenoxy) is 2. The largest absolute Gasteiger partial charge is 0.464 e. The van der Waals surface area contributed by atoms with Crippen LogP contribution in [0.25, 0.3) is 0 Å². The van der Waals surface area contributed by atoms with E-state index in [1.54, 1.807) is 20.8 Å². The van der Waals surface area contributed by atoms with Crippen LogP contribution in [0.3, 0.4) is 0 Å². The van der Waals surface area contributed by atoms with Gasteiger partial charge in [0.15, 0.2) is 0 Å². The molecule has 0 aromatic rings. The quantitative estimate of drug-likeness (QED) is 0.770. The van der Waals surface area contributed by atoms with Gasteiger partial charge in [-0.1, -0.05) is 13.8 Å². The molecule has 5 heteroatoms. The van der Waals surface area contributed by atoms with Gasteiger partial charge in [0.25, 0.3) is 0 Å². The predicted octanol–water partition coefficient (Wildman–Crippen LogP) is 2.10. The van der Waals surface area contributed by atoms with Crippen LogP contribution in [-0.4, -0.2) is 30.3 Å². The minimum absolute atomic E-state index is 0.155. The summed E-state index contributed by atoms with van der Waals surface area (Å²) in [6.07, 6.45) is -0.497. The Kier molecular flexibility index (Phi) is 5.99. The number of carbonyl (C=O) groups is 2. The average Bonchev–Trinajstić information content (AvgIpc) is 2.08. The summed E-state index contributed by atoms with van der Waals surface area (Å²) in [5, 5.41) is 2.69. The first-order valence-corrected chi connectivity index (χ1v) is 5.74. The van der Waals surface area contributed by atoms with Crippen molar-refractivity contribution >= 4 is 12.1 Å². The van der Waals surface area contributed by atoms with Crippen LogP contribution in [0.15, 0.2) is 0 Å². The smallest absolute Gasteiger partial charge is 0.407 e. The Hall–Kier alpha value is -1.26. The lowest BCUT2D eigenvalue weighted by Crippen LogP contribution is -2.44. The first kappa shape index (κ1) is 15.7. The van der Waals surface area contributed by atoms with E-state index in [0.29, 0.717) is 0 Å². The third-order valence-electron chi connectivity index (χ3n) is 1.97. The molecular formula is C12H23NO4. The number of hydrogen-bond acceptors (Lipinski definition) is 4. The van der Waals surface area contributed by atoms with Crippen LogP contribution >= 0.6 is 0 Å². The van der Waals surface area contributed by atoms with E-state index in [9.17, 15) is 9.59 Å². The molecule has 1 atom stereocenters. The monoisotopic (exact) mass is 245 g/mol. The van der Waals surface area contributed by atoms with Gasteiger partial charge in [-0.05, 0) is 26.7 Å². The second-order valence-electron chi connectivity index (χ2n) is 5.30. The highest BCUT2D eigenvalue weighted by molar-refractivity contribution is 5.68. The number of esters is 1. The van der Waals surface area contributed by atoms with E-state index in [2.05, 4.69) is 5.32 Å². The molecule has 17 heavy (non-hydrogen) atoms. The summed E-state index contributed by atoms with van der Waals surface area (Å²) in [7, 11) is 0. The third kappa shape index (κ3) is 8.54. The third-order valence-corrected chi connectivity index (χ3v) is 1.97. The standard InChI is InChI=1S/C12H23NO4/c1-8(2)10(7-16-9(3)14)13-11(15)17-12(4,5)6/h8,10H,7H2,1-6H3,(H,13,15). The fourth-order valence-corrected chi connectivity index (χ4v) is 1.07. The molecule has 0 aliphatic carbocycles. The molecule has 5 nitrogen and oxygen atoms in total. The maximum absolute atomic E-state index is 11.5. The normalized spacial score (nSPS) is 13.1. The van der Waals surface area contributed by atoms with Gasteiger partial charge in [0.1, 0.15) is 12.2 Å². The van der Waals surface area contributed by atoms with Crippen molar-refractivity contribution in [1.82, 2.24) is 5.32 Å². The number of hydrogen-bond donors (Lipinski definition) is 1. The van der Waals surface area contributed by atoms with E-state index >= 15 is 0 Å². The van der Waals surface area contributed by atoms with Crippen LogP contribution in [0.5, 0.6) is 0 Å². The van der Waals surface area contributed by atoms with Gasteiger partial charge in [-0.25, -0.2) is 4.79 Å². The van der Waals surface area contributed by atoms with E-state index in [1.807, 2.05) is 13.8 Å². The summed E-state index contributed by atoms with van der Waals surface area (Å²) in [6.45, 7) is 10.8. The van der Waals surface area contributed by atoms with Crippen LogP contribution in [0.1, 0.15) is 41.5 Å². The molecule has 0 fully saturated rings. The highest BCUT2D eigenvalue weighted by Crippen LogP contribution is 2.08. The molecule has 0 spiro atoms. The SMILES string of the molecule is CC(=O)OCC(NC(=O)OC(C)(C)C)C(C)C. The fraction of sp³-hybridized carbons (Fsp3) is 0.833. The highest BCUT2D eigenvalue weighted by Gasteiger charge is 2.22. The Morgan fingerprint density at radius 1 is 1.24 bits per heavy atom. The van der Waals surface area contributed by atoms with E-state index in [1.165, 1.54) is 6.92 Å². The number of nitrogens with one attached hydrogen (secondary N) is 1. The molecule has 0 aromatic carbocycles. The Morgan fingerprint density at radius 3 is 2.12 bits per heavy atom. The van der Waals surface area contributed by atoms with Gasteiger partial charge in [0, 0.05) is 6.92 Å². The van der Waals surface area contributed by atoms with Crippen LogP contribution in [-0.2, 0) is 14.3 Å². The molecule has 0 aliphatic rings. The average molecular weight is 245 g/mol. The van der Waals surface area contributed by atoms with Gasteiger partial charge in [0.2, 0.25) is 0 Å². The van der Waals surface area contributed by atoms with Crippen molar-refractivity contribution in [2.24, 2.45) is 5.92 Å². The molecule has 0 saturated carbocycles. The second-order valence-corrected chi connectivity index (χ2v) is 5.30. The Morgan fingerprint density at radius 2 is 1.76 bits per heavy atom. The summed E-state index contributed by atoms with van der Waals surface area (Å²) in [5.74, 6) is -0.205. The van der Waals surface area contributed by atoms with Crippen molar-refractivity contribution in [3.05, 3.63) is 0 Å². The van der Waals surface area contributed by atoms with Crippen LogP contribution in [0.2, 0.25) is 0 Å². The van der Waals surface area contributed by atoms with E-state index in [-0.39, 0.29) is 24.5 Å². The zero-order valence-electron chi connectivity index (χ0n) is 11.5.